The van der Waals surface area contributed by atoms with E-state index < -0.39 is 0 Å². The molecule has 122 valence electrons. The Morgan fingerprint density at radius 1 is 1.16 bits per heavy atom. The summed E-state index contributed by atoms with van der Waals surface area (Å²) < 4.78 is 0. The molecule has 1 aromatic carbocycles. The SMILES string of the molecule is Cc1[nH]ncc1-c1nc2ccc3[nH]ncc3c2c2c1CC(C#N)CC2. The summed E-state index contributed by atoms with van der Waals surface area (Å²) >= 11 is 0. The number of aryl methyl sites for hydroxylation is 2. The molecule has 1 aliphatic rings. The molecule has 5 rings (SSSR count). The first kappa shape index (κ1) is 14.2. The minimum Gasteiger partial charge on any atom is -0.282 e. The zero-order chi connectivity index (χ0) is 17.0. The van der Waals surface area contributed by atoms with Crippen molar-refractivity contribution in [1.29, 1.82) is 5.26 Å². The Morgan fingerprint density at radius 2 is 2.04 bits per heavy atom. The molecule has 0 saturated carbocycles. The van der Waals surface area contributed by atoms with Crippen LogP contribution in [-0.4, -0.2) is 25.4 Å². The molecular weight excluding hydrogens is 312 g/mol. The lowest BCUT2D eigenvalue weighted by Gasteiger charge is -2.24. The average molecular weight is 328 g/mol. The van der Waals surface area contributed by atoms with Crippen molar-refractivity contribution in [2.45, 2.75) is 26.2 Å². The molecular formula is C19H16N6. The Labute approximate surface area is 143 Å². The minimum atomic E-state index is 0.0428. The third kappa shape index (κ3) is 1.99. The third-order valence-corrected chi connectivity index (χ3v) is 5.25. The maximum absolute atomic E-state index is 9.44. The molecule has 1 aliphatic carbocycles. The van der Waals surface area contributed by atoms with Crippen LogP contribution < -0.4 is 0 Å². The van der Waals surface area contributed by atoms with Crippen LogP contribution in [0.25, 0.3) is 33.1 Å². The maximum atomic E-state index is 9.44. The van der Waals surface area contributed by atoms with Crippen LogP contribution >= 0.6 is 0 Å². The fraction of sp³-hybridized carbons (Fsp3) is 0.263. The minimum absolute atomic E-state index is 0.0428. The van der Waals surface area contributed by atoms with E-state index in [9.17, 15) is 5.26 Å². The van der Waals surface area contributed by atoms with E-state index in [0.29, 0.717) is 0 Å². The molecule has 1 unspecified atom stereocenters. The average Bonchev–Trinajstić information content (AvgIpc) is 3.28. The lowest BCUT2D eigenvalue weighted by atomic mass is 9.80. The van der Waals surface area contributed by atoms with Gasteiger partial charge in [0.1, 0.15) is 0 Å². The Morgan fingerprint density at radius 3 is 2.84 bits per heavy atom. The summed E-state index contributed by atoms with van der Waals surface area (Å²) in [6, 6.07) is 6.51. The number of nitriles is 1. The van der Waals surface area contributed by atoms with Crippen LogP contribution in [0.1, 0.15) is 23.2 Å². The number of fused-ring (bicyclic) bond motifs is 5. The Bertz CT molecular complexity index is 1160. The molecule has 3 aromatic heterocycles. The number of nitrogens with one attached hydrogen (secondary N) is 2. The number of nitrogens with zero attached hydrogens (tertiary/aromatic N) is 4. The van der Waals surface area contributed by atoms with Crippen molar-refractivity contribution in [2.75, 3.05) is 0 Å². The van der Waals surface area contributed by atoms with Gasteiger partial charge in [0.2, 0.25) is 0 Å². The van der Waals surface area contributed by atoms with Crippen LogP contribution in [0.15, 0.2) is 24.5 Å². The number of aromatic nitrogens is 5. The molecule has 0 spiro atoms. The van der Waals surface area contributed by atoms with Crippen LogP contribution in [0.3, 0.4) is 0 Å². The van der Waals surface area contributed by atoms with Crippen LogP contribution in [-0.2, 0) is 12.8 Å². The van der Waals surface area contributed by atoms with Crippen LogP contribution in [0.2, 0.25) is 0 Å². The van der Waals surface area contributed by atoms with E-state index in [1.165, 1.54) is 16.5 Å². The molecule has 0 saturated heterocycles. The number of benzene rings is 1. The number of pyridine rings is 1. The van der Waals surface area contributed by atoms with E-state index in [0.717, 1.165) is 52.6 Å². The molecule has 1 atom stereocenters. The summed E-state index contributed by atoms with van der Waals surface area (Å²) in [5, 5.41) is 26.1. The van der Waals surface area contributed by atoms with Gasteiger partial charge in [-0.25, -0.2) is 4.98 Å². The monoisotopic (exact) mass is 328 g/mol. The van der Waals surface area contributed by atoms with Gasteiger partial charge in [0.05, 0.1) is 41.1 Å². The van der Waals surface area contributed by atoms with Gasteiger partial charge >= 0.3 is 0 Å². The number of hydrogen-bond acceptors (Lipinski definition) is 4. The molecule has 6 nitrogen and oxygen atoms in total. The van der Waals surface area contributed by atoms with Crippen molar-refractivity contribution in [3.63, 3.8) is 0 Å². The molecule has 4 aromatic rings. The van der Waals surface area contributed by atoms with Crippen molar-refractivity contribution in [1.82, 2.24) is 25.4 Å². The molecule has 0 amide bonds. The van der Waals surface area contributed by atoms with E-state index in [1.807, 2.05) is 31.5 Å². The Kier molecular flexibility index (Phi) is 2.92. The van der Waals surface area contributed by atoms with Gasteiger partial charge in [0.25, 0.3) is 0 Å². The van der Waals surface area contributed by atoms with Crippen molar-refractivity contribution in [3.8, 4) is 17.3 Å². The van der Waals surface area contributed by atoms with Gasteiger partial charge in [-0.05, 0) is 49.4 Å². The summed E-state index contributed by atoms with van der Waals surface area (Å²) in [5.41, 5.74) is 7.45. The molecule has 6 heteroatoms. The van der Waals surface area contributed by atoms with E-state index in [1.54, 1.807) is 0 Å². The van der Waals surface area contributed by atoms with Crippen LogP contribution in [0, 0.1) is 24.2 Å². The van der Waals surface area contributed by atoms with Crippen LogP contribution in [0.4, 0.5) is 0 Å². The largest absolute Gasteiger partial charge is 0.282 e. The summed E-state index contributed by atoms with van der Waals surface area (Å²) in [4.78, 5) is 4.98. The second-order valence-corrected chi connectivity index (χ2v) is 6.69. The highest BCUT2D eigenvalue weighted by Gasteiger charge is 2.26. The molecule has 0 radical (unpaired) electrons. The van der Waals surface area contributed by atoms with E-state index in [-0.39, 0.29) is 5.92 Å². The highest BCUT2D eigenvalue weighted by atomic mass is 15.1. The Hall–Kier alpha value is -3.20. The second-order valence-electron chi connectivity index (χ2n) is 6.69. The highest BCUT2D eigenvalue weighted by Crippen LogP contribution is 2.39. The molecule has 3 heterocycles. The lowest BCUT2D eigenvalue weighted by molar-refractivity contribution is 0.567. The van der Waals surface area contributed by atoms with E-state index >= 15 is 0 Å². The normalized spacial score (nSPS) is 16.9. The topological polar surface area (TPSA) is 94.0 Å². The molecule has 0 fully saturated rings. The predicted octanol–water partition coefficient (Wildman–Crippen LogP) is 3.44. The fourth-order valence-corrected chi connectivity index (χ4v) is 3.98. The molecule has 25 heavy (non-hydrogen) atoms. The van der Waals surface area contributed by atoms with Crippen molar-refractivity contribution in [2.24, 2.45) is 5.92 Å². The van der Waals surface area contributed by atoms with Crippen molar-refractivity contribution >= 4 is 21.8 Å². The highest BCUT2D eigenvalue weighted by molar-refractivity contribution is 6.07. The first-order valence-electron chi connectivity index (χ1n) is 8.43. The van der Waals surface area contributed by atoms with Crippen molar-refractivity contribution < 1.29 is 0 Å². The Balaban J connectivity index is 1.91. The third-order valence-electron chi connectivity index (χ3n) is 5.25. The van der Waals surface area contributed by atoms with Gasteiger partial charge in [-0.3, -0.25) is 10.2 Å². The van der Waals surface area contributed by atoms with Gasteiger partial charge in [-0.2, -0.15) is 15.5 Å². The second kappa shape index (κ2) is 5.15. The molecule has 0 bridgehead atoms. The summed E-state index contributed by atoms with van der Waals surface area (Å²) in [6.07, 6.45) is 6.22. The fourth-order valence-electron chi connectivity index (χ4n) is 3.98. The van der Waals surface area contributed by atoms with Crippen molar-refractivity contribution in [3.05, 3.63) is 41.3 Å². The summed E-state index contributed by atoms with van der Waals surface area (Å²) in [7, 11) is 0. The van der Waals surface area contributed by atoms with E-state index in [4.69, 9.17) is 4.98 Å². The standard InChI is InChI=1S/C19H16N6/c1-10-14(8-21-24-10)19-13-6-11(7-20)2-3-12(13)18-15-9-22-25-16(15)4-5-17(18)23-19/h4-5,8-9,11H,2-3,6H2,1H3,(H,21,24)(H,22,25). The predicted molar refractivity (Wildman–Crippen MR) is 94.8 cm³/mol. The lowest BCUT2D eigenvalue weighted by Crippen LogP contribution is -2.15. The number of H-pyrrole nitrogens is 2. The number of hydrogen-bond donors (Lipinski definition) is 2. The quantitative estimate of drug-likeness (QED) is 0.559. The molecule has 2 N–H and O–H groups in total. The van der Waals surface area contributed by atoms with Gasteiger partial charge in [-0.15, -0.1) is 0 Å². The molecule has 0 aliphatic heterocycles. The van der Waals surface area contributed by atoms with Gasteiger partial charge in [-0.1, -0.05) is 0 Å². The van der Waals surface area contributed by atoms with Crippen LogP contribution in [0.5, 0.6) is 0 Å². The van der Waals surface area contributed by atoms with Gasteiger partial charge in [0, 0.05) is 22.0 Å². The summed E-state index contributed by atoms with van der Waals surface area (Å²) in [5.74, 6) is 0.0428. The summed E-state index contributed by atoms with van der Waals surface area (Å²) in [6.45, 7) is 2.00. The zero-order valence-corrected chi connectivity index (χ0v) is 13.8. The van der Waals surface area contributed by atoms with Gasteiger partial charge < -0.3 is 0 Å². The van der Waals surface area contributed by atoms with Gasteiger partial charge in [0.15, 0.2) is 0 Å². The zero-order valence-electron chi connectivity index (χ0n) is 13.8. The van der Waals surface area contributed by atoms with E-state index in [2.05, 4.69) is 26.5 Å². The first-order chi connectivity index (χ1) is 12.3. The number of rotatable bonds is 1. The smallest absolute Gasteiger partial charge is 0.0779 e. The maximum Gasteiger partial charge on any atom is 0.0779 e. The first-order valence-corrected chi connectivity index (χ1v) is 8.43. The number of aromatic amines is 2.